The molecule has 3 aliphatic rings. The van der Waals surface area contributed by atoms with E-state index in [-0.39, 0.29) is 0 Å². The van der Waals surface area contributed by atoms with Gasteiger partial charge >= 0.3 is 0 Å². The Morgan fingerprint density at radius 2 is 2.07 bits per heavy atom. The van der Waals surface area contributed by atoms with Crippen LogP contribution in [0.3, 0.4) is 0 Å². The van der Waals surface area contributed by atoms with E-state index in [1.165, 1.54) is 19.3 Å². The van der Waals surface area contributed by atoms with Crippen LogP contribution in [0, 0.1) is 17.8 Å². The molecule has 5 atom stereocenters. The number of fused-ring (bicyclic) bond motifs is 1. The number of rotatable bonds is 2. The average Bonchev–Trinajstić information content (AvgIpc) is 2.72. The van der Waals surface area contributed by atoms with Crippen LogP contribution in [0.1, 0.15) is 32.1 Å². The zero-order chi connectivity index (χ0) is 10.3. The minimum absolute atomic E-state index is 0.479. The lowest BCUT2D eigenvalue weighted by atomic mass is 9.97. The van der Waals surface area contributed by atoms with Crippen LogP contribution in [0.2, 0.25) is 0 Å². The molecule has 0 aromatic carbocycles. The van der Waals surface area contributed by atoms with Gasteiger partial charge in [0.25, 0.3) is 0 Å². The standard InChI is InChI=1S/C13H18FN/c14-10-6-11-12(7-10)13(11)15-8-9-4-2-1-3-5-9/h2,4,8-13H,1,3,5-7H2/b15-8+/t9?,10?,11-,12?,13?/m1/s1. The van der Waals surface area contributed by atoms with Crippen molar-refractivity contribution in [1.82, 2.24) is 0 Å². The topological polar surface area (TPSA) is 12.4 Å². The number of nitrogens with zero attached hydrogens (tertiary/aromatic N) is 1. The summed E-state index contributed by atoms with van der Waals surface area (Å²) in [5.41, 5.74) is 0. The molecule has 0 N–H and O–H groups in total. The molecule has 82 valence electrons. The monoisotopic (exact) mass is 207 g/mol. The van der Waals surface area contributed by atoms with Crippen molar-refractivity contribution in [2.24, 2.45) is 22.7 Å². The second-order valence-corrected chi connectivity index (χ2v) is 5.21. The van der Waals surface area contributed by atoms with Crippen LogP contribution < -0.4 is 0 Å². The highest BCUT2D eigenvalue weighted by molar-refractivity contribution is 5.64. The number of halogens is 1. The minimum atomic E-state index is -0.527. The summed E-state index contributed by atoms with van der Waals surface area (Å²) in [5, 5.41) is 0. The number of aliphatic imine (C=N–C) groups is 1. The molecule has 15 heavy (non-hydrogen) atoms. The number of hydrogen-bond acceptors (Lipinski definition) is 1. The summed E-state index contributed by atoms with van der Waals surface area (Å²) in [6.07, 6.45) is 11.4. The molecule has 0 aliphatic heterocycles. The number of allylic oxidation sites excluding steroid dienone is 2. The summed E-state index contributed by atoms with van der Waals surface area (Å²) in [5.74, 6) is 1.73. The highest BCUT2D eigenvalue weighted by Gasteiger charge is 2.56. The van der Waals surface area contributed by atoms with Crippen LogP contribution >= 0.6 is 0 Å². The Morgan fingerprint density at radius 1 is 1.27 bits per heavy atom. The first-order valence-corrected chi connectivity index (χ1v) is 6.18. The second-order valence-electron chi connectivity index (χ2n) is 5.21. The van der Waals surface area contributed by atoms with Crippen molar-refractivity contribution >= 4 is 6.21 Å². The first-order chi connectivity index (χ1) is 7.34. The second kappa shape index (κ2) is 3.73. The highest BCUT2D eigenvalue weighted by atomic mass is 19.1. The van der Waals surface area contributed by atoms with E-state index >= 15 is 0 Å². The summed E-state index contributed by atoms with van der Waals surface area (Å²) in [4.78, 5) is 4.64. The molecule has 0 bridgehead atoms. The lowest BCUT2D eigenvalue weighted by Crippen LogP contribution is -2.05. The fraction of sp³-hybridized carbons (Fsp3) is 0.769. The molecule has 0 aromatic heterocycles. The number of hydrogen-bond donors (Lipinski definition) is 0. The van der Waals surface area contributed by atoms with E-state index in [4.69, 9.17) is 0 Å². The maximum atomic E-state index is 12.9. The molecule has 0 heterocycles. The smallest absolute Gasteiger partial charge is 0.101 e. The van der Waals surface area contributed by atoms with Gasteiger partial charge in [-0.2, -0.15) is 0 Å². The van der Waals surface area contributed by atoms with Gasteiger partial charge in [-0.3, -0.25) is 4.99 Å². The molecule has 2 heteroatoms. The maximum absolute atomic E-state index is 12.9. The highest BCUT2D eigenvalue weighted by Crippen LogP contribution is 2.54. The molecule has 3 rings (SSSR count). The Morgan fingerprint density at radius 3 is 2.73 bits per heavy atom. The Labute approximate surface area is 90.5 Å². The van der Waals surface area contributed by atoms with Crippen molar-refractivity contribution in [1.29, 1.82) is 0 Å². The van der Waals surface area contributed by atoms with E-state index in [1.807, 2.05) is 0 Å². The van der Waals surface area contributed by atoms with Crippen LogP contribution in [0.5, 0.6) is 0 Å². The SMILES string of the molecule is FC1CC2C(/N=C/C3C=CCCC3)[C@@H]2C1. The van der Waals surface area contributed by atoms with E-state index in [0.717, 1.165) is 12.8 Å². The molecule has 2 saturated carbocycles. The molecule has 0 spiro atoms. The number of alkyl halides is 1. The fourth-order valence-corrected chi connectivity index (χ4v) is 3.13. The molecular formula is C13H18FN. The molecule has 0 amide bonds. The van der Waals surface area contributed by atoms with E-state index in [2.05, 4.69) is 23.4 Å². The summed E-state index contributed by atoms with van der Waals surface area (Å²) < 4.78 is 12.9. The van der Waals surface area contributed by atoms with Gasteiger partial charge in [0.1, 0.15) is 6.17 Å². The van der Waals surface area contributed by atoms with Gasteiger partial charge in [-0.25, -0.2) is 4.39 Å². The van der Waals surface area contributed by atoms with Gasteiger partial charge in [-0.1, -0.05) is 12.2 Å². The Balaban J connectivity index is 1.52. The summed E-state index contributed by atoms with van der Waals surface area (Å²) in [7, 11) is 0. The molecule has 0 radical (unpaired) electrons. The van der Waals surface area contributed by atoms with Gasteiger partial charge < -0.3 is 0 Å². The van der Waals surface area contributed by atoms with E-state index < -0.39 is 6.17 Å². The zero-order valence-corrected chi connectivity index (χ0v) is 8.98. The first-order valence-electron chi connectivity index (χ1n) is 6.18. The quantitative estimate of drug-likeness (QED) is 0.487. The van der Waals surface area contributed by atoms with Crippen molar-refractivity contribution in [3.63, 3.8) is 0 Å². The van der Waals surface area contributed by atoms with Gasteiger partial charge in [0.15, 0.2) is 0 Å². The van der Waals surface area contributed by atoms with Crippen LogP contribution in [-0.4, -0.2) is 18.4 Å². The molecule has 0 saturated heterocycles. The Bertz CT molecular complexity index is 285. The average molecular weight is 207 g/mol. The van der Waals surface area contributed by atoms with Crippen molar-refractivity contribution in [2.45, 2.75) is 44.3 Å². The van der Waals surface area contributed by atoms with Gasteiger partial charge in [0.2, 0.25) is 0 Å². The Kier molecular flexibility index (Phi) is 2.38. The molecule has 1 nitrogen and oxygen atoms in total. The van der Waals surface area contributed by atoms with Crippen LogP contribution in [0.15, 0.2) is 17.1 Å². The van der Waals surface area contributed by atoms with Gasteiger partial charge in [-0.15, -0.1) is 0 Å². The van der Waals surface area contributed by atoms with Crippen molar-refractivity contribution in [2.75, 3.05) is 0 Å². The predicted molar refractivity (Wildman–Crippen MR) is 59.9 cm³/mol. The third-order valence-electron chi connectivity index (χ3n) is 4.08. The third kappa shape index (κ3) is 1.86. The summed E-state index contributed by atoms with van der Waals surface area (Å²) in [6, 6.07) is 0.479. The summed E-state index contributed by atoms with van der Waals surface area (Å²) >= 11 is 0. The minimum Gasteiger partial charge on any atom is -0.293 e. The van der Waals surface area contributed by atoms with Crippen LogP contribution in [0.4, 0.5) is 4.39 Å². The van der Waals surface area contributed by atoms with E-state index in [9.17, 15) is 4.39 Å². The summed E-state index contributed by atoms with van der Waals surface area (Å²) in [6.45, 7) is 0. The van der Waals surface area contributed by atoms with Crippen LogP contribution in [-0.2, 0) is 0 Å². The first kappa shape index (κ1) is 9.56. The van der Waals surface area contributed by atoms with Crippen LogP contribution in [0.25, 0.3) is 0 Å². The van der Waals surface area contributed by atoms with E-state index in [1.54, 1.807) is 0 Å². The molecule has 3 aliphatic carbocycles. The third-order valence-corrected chi connectivity index (χ3v) is 4.08. The largest absolute Gasteiger partial charge is 0.293 e. The van der Waals surface area contributed by atoms with Crippen molar-refractivity contribution in [3.8, 4) is 0 Å². The molecule has 4 unspecified atom stereocenters. The predicted octanol–water partition coefficient (Wildman–Crippen LogP) is 3.16. The van der Waals surface area contributed by atoms with Crippen molar-refractivity contribution < 1.29 is 4.39 Å². The van der Waals surface area contributed by atoms with Gasteiger partial charge in [-0.05, 0) is 43.9 Å². The van der Waals surface area contributed by atoms with E-state index in [0.29, 0.717) is 23.8 Å². The van der Waals surface area contributed by atoms with Gasteiger partial charge in [0.05, 0.1) is 6.04 Å². The lowest BCUT2D eigenvalue weighted by molar-refractivity contribution is 0.311. The fourth-order valence-electron chi connectivity index (χ4n) is 3.13. The normalized spacial score (nSPS) is 48.5. The molecular weight excluding hydrogens is 189 g/mol. The lowest BCUT2D eigenvalue weighted by Gasteiger charge is -2.11. The Hall–Kier alpha value is -0.660. The van der Waals surface area contributed by atoms with Gasteiger partial charge in [0, 0.05) is 12.1 Å². The molecule has 0 aromatic rings. The molecule has 2 fully saturated rings. The van der Waals surface area contributed by atoms with Crippen molar-refractivity contribution in [3.05, 3.63) is 12.2 Å². The zero-order valence-electron chi connectivity index (χ0n) is 8.98. The maximum Gasteiger partial charge on any atom is 0.101 e.